The largest absolute Gasteiger partial charge is 0.493 e. The molecule has 0 radical (unpaired) electrons. The summed E-state index contributed by atoms with van der Waals surface area (Å²) >= 11 is 0. The molecule has 0 unspecified atom stereocenters. The van der Waals surface area contributed by atoms with Crippen LogP contribution in [0.3, 0.4) is 0 Å². The molecule has 2 aromatic heterocycles. The molecule has 3 heterocycles. The van der Waals surface area contributed by atoms with Crippen molar-refractivity contribution >= 4 is 5.65 Å². The van der Waals surface area contributed by atoms with Crippen LogP contribution in [0.2, 0.25) is 0 Å². The first-order valence-corrected chi connectivity index (χ1v) is 6.40. The van der Waals surface area contributed by atoms with Crippen LogP contribution in [-0.2, 0) is 0 Å². The zero-order valence-corrected chi connectivity index (χ0v) is 10.8. The third-order valence-electron chi connectivity index (χ3n) is 3.56. The van der Waals surface area contributed by atoms with Crippen LogP contribution in [0.5, 0.6) is 5.75 Å². The lowest BCUT2D eigenvalue weighted by Gasteiger charge is -2.23. The minimum absolute atomic E-state index is 0.556. The number of hydrogen-bond acceptors (Lipinski definition) is 4. The summed E-state index contributed by atoms with van der Waals surface area (Å²) in [5, 5.41) is 7.89. The highest BCUT2D eigenvalue weighted by molar-refractivity contribution is 5.54. The predicted octanol–water partition coefficient (Wildman–Crippen LogP) is 1.51. The molecular formula is C13H18N4O. The van der Waals surface area contributed by atoms with Crippen molar-refractivity contribution in [3.8, 4) is 5.75 Å². The Balaban J connectivity index is 2.11. The van der Waals surface area contributed by atoms with Crippen molar-refractivity contribution in [2.45, 2.75) is 25.7 Å². The molecule has 1 saturated heterocycles. The lowest BCUT2D eigenvalue weighted by Crippen LogP contribution is -2.27. The highest BCUT2D eigenvalue weighted by Gasteiger charge is 2.20. The number of nitrogens with zero attached hydrogens (tertiary/aromatic N) is 3. The summed E-state index contributed by atoms with van der Waals surface area (Å²) in [7, 11) is 1.67. The predicted molar refractivity (Wildman–Crippen MR) is 69.1 cm³/mol. The molecule has 1 fully saturated rings. The Bertz CT molecular complexity index is 557. The Hall–Kier alpha value is -1.62. The molecule has 1 aliphatic heterocycles. The van der Waals surface area contributed by atoms with E-state index in [2.05, 4.69) is 21.5 Å². The summed E-state index contributed by atoms with van der Waals surface area (Å²) in [5.41, 5.74) is 2.07. The Kier molecular flexibility index (Phi) is 2.91. The number of aryl methyl sites for hydroxylation is 1. The van der Waals surface area contributed by atoms with Crippen LogP contribution in [0, 0.1) is 6.92 Å². The summed E-state index contributed by atoms with van der Waals surface area (Å²) in [6, 6.07) is 4.12. The van der Waals surface area contributed by atoms with Gasteiger partial charge in [-0.05, 0) is 45.0 Å². The molecular weight excluding hydrogens is 228 g/mol. The van der Waals surface area contributed by atoms with Gasteiger partial charge in [-0.15, -0.1) is 0 Å². The van der Waals surface area contributed by atoms with Crippen LogP contribution < -0.4 is 10.1 Å². The molecule has 0 spiro atoms. The van der Waals surface area contributed by atoms with Gasteiger partial charge < -0.3 is 10.1 Å². The van der Waals surface area contributed by atoms with Gasteiger partial charge in [-0.1, -0.05) is 0 Å². The average molecular weight is 246 g/mol. The Morgan fingerprint density at radius 2 is 2.11 bits per heavy atom. The van der Waals surface area contributed by atoms with Crippen LogP contribution in [0.4, 0.5) is 0 Å². The number of nitrogens with one attached hydrogen (secondary N) is 1. The minimum atomic E-state index is 0.556. The molecule has 3 rings (SSSR count). The van der Waals surface area contributed by atoms with E-state index in [1.54, 1.807) is 7.11 Å². The van der Waals surface area contributed by atoms with Crippen molar-refractivity contribution < 1.29 is 4.74 Å². The smallest absolute Gasteiger partial charge is 0.198 e. The van der Waals surface area contributed by atoms with Crippen molar-refractivity contribution in [3.05, 3.63) is 23.7 Å². The molecule has 0 amide bonds. The maximum Gasteiger partial charge on any atom is 0.198 e. The van der Waals surface area contributed by atoms with Gasteiger partial charge in [0, 0.05) is 11.6 Å². The van der Waals surface area contributed by atoms with Crippen LogP contribution in [0.1, 0.15) is 30.3 Å². The maximum absolute atomic E-state index is 5.35. The fourth-order valence-electron chi connectivity index (χ4n) is 2.65. The first-order chi connectivity index (χ1) is 8.79. The van der Waals surface area contributed by atoms with E-state index in [4.69, 9.17) is 4.74 Å². The summed E-state index contributed by atoms with van der Waals surface area (Å²) < 4.78 is 7.30. The Morgan fingerprint density at radius 3 is 2.83 bits per heavy atom. The molecule has 0 aromatic carbocycles. The SMILES string of the molecule is COc1ccc(C2CCNCC2)n2nc(C)nc12. The van der Waals surface area contributed by atoms with E-state index in [1.165, 1.54) is 5.69 Å². The molecule has 96 valence electrons. The topological polar surface area (TPSA) is 51.5 Å². The number of pyridine rings is 1. The fourth-order valence-corrected chi connectivity index (χ4v) is 2.65. The molecule has 1 aliphatic rings. The third kappa shape index (κ3) is 1.84. The monoisotopic (exact) mass is 246 g/mol. The molecule has 5 heteroatoms. The van der Waals surface area contributed by atoms with Gasteiger partial charge in [0.05, 0.1) is 7.11 Å². The van der Waals surface area contributed by atoms with E-state index in [9.17, 15) is 0 Å². The summed E-state index contributed by atoms with van der Waals surface area (Å²) in [5.74, 6) is 2.13. The van der Waals surface area contributed by atoms with E-state index in [0.29, 0.717) is 5.92 Å². The second kappa shape index (κ2) is 4.57. The maximum atomic E-state index is 5.35. The van der Waals surface area contributed by atoms with E-state index >= 15 is 0 Å². The second-order valence-electron chi connectivity index (χ2n) is 4.75. The van der Waals surface area contributed by atoms with E-state index in [0.717, 1.165) is 43.2 Å². The fraction of sp³-hybridized carbons (Fsp3) is 0.538. The van der Waals surface area contributed by atoms with E-state index < -0.39 is 0 Å². The van der Waals surface area contributed by atoms with Crippen LogP contribution in [0.25, 0.3) is 5.65 Å². The molecule has 0 saturated carbocycles. The molecule has 0 aliphatic carbocycles. The zero-order chi connectivity index (χ0) is 12.5. The number of hydrogen-bond donors (Lipinski definition) is 1. The van der Waals surface area contributed by atoms with Crippen molar-refractivity contribution in [2.24, 2.45) is 0 Å². The molecule has 1 N–H and O–H groups in total. The number of aromatic nitrogens is 3. The van der Waals surface area contributed by atoms with Crippen molar-refractivity contribution in [3.63, 3.8) is 0 Å². The van der Waals surface area contributed by atoms with Crippen molar-refractivity contribution in [1.29, 1.82) is 0 Å². The third-order valence-corrected chi connectivity index (χ3v) is 3.56. The van der Waals surface area contributed by atoms with Crippen LogP contribution in [-0.4, -0.2) is 34.8 Å². The lowest BCUT2D eigenvalue weighted by atomic mass is 9.94. The second-order valence-corrected chi connectivity index (χ2v) is 4.75. The van der Waals surface area contributed by atoms with E-state index in [-0.39, 0.29) is 0 Å². The molecule has 0 bridgehead atoms. The zero-order valence-electron chi connectivity index (χ0n) is 10.8. The van der Waals surface area contributed by atoms with Gasteiger partial charge in [-0.3, -0.25) is 0 Å². The highest BCUT2D eigenvalue weighted by Crippen LogP contribution is 2.28. The quantitative estimate of drug-likeness (QED) is 0.872. The molecule has 0 atom stereocenters. The molecule has 2 aromatic rings. The minimum Gasteiger partial charge on any atom is -0.493 e. The first kappa shape index (κ1) is 11.5. The van der Waals surface area contributed by atoms with E-state index in [1.807, 2.05) is 17.5 Å². The van der Waals surface area contributed by atoms with Crippen LogP contribution >= 0.6 is 0 Å². The first-order valence-electron chi connectivity index (χ1n) is 6.40. The van der Waals surface area contributed by atoms with Gasteiger partial charge in [-0.25, -0.2) is 9.50 Å². The van der Waals surface area contributed by atoms with Crippen LogP contribution in [0.15, 0.2) is 12.1 Å². The number of rotatable bonds is 2. The lowest BCUT2D eigenvalue weighted by molar-refractivity contribution is 0.413. The summed E-state index contributed by atoms with van der Waals surface area (Å²) in [6.45, 7) is 4.07. The van der Waals surface area contributed by atoms with Crippen molar-refractivity contribution in [1.82, 2.24) is 19.9 Å². The molecule has 18 heavy (non-hydrogen) atoms. The number of ether oxygens (including phenoxy) is 1. The number of piperidine rings is 1. The highest BCUT2D eigenvalue weighted by atomic mass is 16.5. The van der Waals surface area contributed by atoms with Gasteiger partial charge in [0.2, 0.25) is 0 Å². The number of fused-ring (bicyclic) bond motifs is 1. The van der Waals surface area contributed by atoms with Gasteiger partial charge in [0.25, 0.3) is 0 Å². The Morgan fingerprint density at radius 1 is 1.33 bits per heavy atom. The molecule has 5 nitrogen and oxygen atoms in total. The standard InChI is InChI=1S/C13H18N4O/c1-9-15-13-12(18-2)4-3-11(17(13)16-9)10-5-7-14-8-6-10/h3-4,10,14H,5-8H2,1-2H3. The summed E-state index contributed by atoms with van der Waals surface area (Å²) in [4.78, 5) is 4.45. The van der Waals surface area contributed by atoms with Gasteiger partial charge >= 0.3 is 0 Å². The Labute approximate surface area is 106 Å². The van der Waals surface area contributed by atoms with Gasteiger partial charge in [-0.2, -0.15) is 5.10 Å². The number of methoxy groups -OCH3 is 1. The summed E-state index contributed by atoms with van der Waals surface area (Å²) in [6.07, 6.45) is 2.31. The normalized spacial score (nSPS) is 17.2. The van der Waals surface area contributed by atoms with Gasteiger partial charge in [0.15, 0.2) is 11.4 Å². The average Bonchev–Trinajstić information content (AvgIpc) is 2.80. The van der Waals surface area contributed by atoms with Gasteiger partial charge in [0.1, 0.15) is 5.82 Å². The van der Waals surface area contributed by atoms with Crippen molar-refractivity contribution in [2.75, 3.05) is 20.2 Å².